The van der Waals surface area contributed by atoms with Crippen molar-refractivity contribution < 1.29 is 14.1 Å². The van der Waals surface area contributed by atoms with E-state index in [1.165, 1.54) is 18.2 Å². The summed E-state index contributed by atoms with van der Waals surface area (Å²) in [7, 11) is 0. The Morgan fingerprint density at radius 1 is 1.26 bits per heavy atom. The molecule has 0 aliphatic heterocycles. The van der Waals surface area contributed by atoms with Gasteiger partial charge in [0.1, 0.15) is 18.2 Å². The fourth-order valence-corrected chi connectivity index (χ4v) is 2.03. The molecule has 0 aliphatic rings. The van der Waals surface area contributed by atoms with Crippen LogP contribution in [0.25, 0.3) is 0 Å². The highest BCUT2D eigenvalue weighted by Gasteiger charge is 2.12. The quantitative estimate of drug-likeness (QED) is 0.628. The van der Waals surface area contributed by atoms with Gasteiger partial charge >= 0.3 is 0 Å². The summed E-state index contributed by atoms with van der Waals surface area (Å²) in [5.74, 6) is -0.128. The second-order valence-electron chi connectivity index (χ2n) is 3.78. The number of hydrogen-bond donors (Lipinski definition) is 0. The van der Waals surface area contributed by atoms with Crippen LogP contribution in [0.4, 0.5) is 10.1 Å². The summed E-state index contributed by atoms with van der Waals surface area (Å²) in [5, 5.41) is 10.8. The fourth-order valence-electron chi connectivity index (χ4n) is 1.58. The summed E-state index contributed by atoms with van der Waals surface area (Å²) in [5.41, 5.74) is 0.422. The van der Waals surface area contributed by atoms with Crippen molar-refractivity contribution in [2.45, 2.75) is 6.61 Å². The Bertz CT molecular complexity index is 598. The molecule has 0 bridgehead atoms. The van der Waals surface area contributed by atoms with Gasteiger partial charge in [-0.05, 0) is 18.2 Å². The van der Waals surface area contributed by atoms with Gasteiger partial charge in [-0.25, -0.2) is 4.39 Å². The average Bonchev–Trinajstić information content (AvgIpc) is 2.35. The summed E-state index contributed by atoms with van der Waals surface area (Å²) >= 11 is 3.15. The van der Waals surface area contributed by atoms with Crippen molar-refractivity contribution in [1.82, 2.24) is 0 Å². The second-order valence-corrected chi connectivity index (χ2v) is 4.70. The lowest BCUT2D eigenvalue weighted by Crippen LogP contribution is -2.00. The van der Waals surface area contributed by atoms with E-state index in [9.17, 15) is 14.5 Å². The first-order valence-corrected chi connectivity index (χ1v) is 6.17. The zero-order valence-corrected chi connectivity index (χ0v) is 11.3. The van der Waals surface area contributed by atoms with Gasteiger partial charge in [-0.1, -0.05) is 28.1 Å². The number of para-hydroxylation sites is 1. The molecule has 19 heavy (non-hydrogen) atoms. The number of hydrogen-bond acceptors (Lipinski definition) is 3. The SMILES string of the molecule is O=[N+]([O-])c1ccccc1COc1cc(F)cc(Br)c1. The first-order chi connectivity index (χ1) is 9.06. The molecule has 0 radical (unpaired) electrons. The van der Waals surface area contributed by atoms with E-state index in [4.69, 9.17) is 4.74 Å². The van der Waals surface area contributed by atoms with Crippen molar-refractivity contribution in [2.75, 3.05) is 0 Å². The second kappa shape index (κ2) is 5.79. The third kappa shape index (κ3) is 3.51. The minimum atomic E-state index is -0.472. The molecule has 2 rings (SSSR count). The Labute approximate surface area is 117 Å². The average molecular weight is 326 g/mol. The fraction of sp³-hybridized carbons (Fsp3) is 0.0769. The minimum absolute atomic E-state index is 0.00699. The van der Waals surface area contributed by atoms with E-state index in [1.807, 2.05) is 0 Å². The van der Waals surface area contributed by atoms with Crippen LogP contribution in [0, 0.1) is 15.9 Å². The summed E-state index contributed by atoms with van der Waals surface area (Å²) in [6.07, 6.45) is 0. The van der Waals surface area contributed by atoms with Crippen molar-refractivity contribution in [3.05, 3.63) is 68.4 Å². The Balaban J connectivity index is 2.16. The monoisotopic (exact) mass is 325 g/mol. The van der Waals surface area contributed by atoms with E-state index in [0.717, 1.165) is 0 Å². The van der Waals surface area contributed by atoms with Crippen LogP contribution in [0.15, 0.2) is 46.9 Å². The Morgan fingerprint density at radius 2 is 2.00 bits per heavy atom. The number of nitro groups is 1. The van der Waals surface area contributed by atoms with E-state index in [-0.39, 0.29) is 12.3 Å². The van der Waals surface area contributed by atoms with E-state index < -0.39 is 10.7 Å². The molecule has 0 saturated carbocycles. The van der Waals surface area contributed by atoms with E-state index >= 15 is 0 Å². The molecule has 0 N–H and O–H groups in total. The lowest BCUT2D eigenvalue weighted by atomic mass is 10.2. The molecule has 0 aromatic heterocycles. The van der Waals surface area contributed by atoms with Gasteiger partial charge in [-0.15, -0.1) is 0 Å². The predicted molar refractivity (Wildman–Crippen MR) is 71.5 cm³/mol. The third-order valence-electron chi connectivity index (χ3n) is 2.42. The Hall–Kier alpha value is -1.95. The molecule has 0 spiro atoms. The molecule has 0 saturated heterocycles. The van der Waals surface area contributed by atoms with Gasteiger partial charge in [0, 0.05) is 16.6 Å². The number of benzene rings is 2. The largest absolute Gasteiger partial charge is 0.488 e. The van der Waals surface area contributed by atoms with Gasteiger partial charge in [-0.3, -0.25) is 10.1 Å². The molecule has 2 aromatic carbocycles. The normalized spacial score (nSPS) is 10.2. The smallest absolute Gasteiger partial charge is 0.276 e. The maximum Gasteiger partial charge on any atom is 0.276 e. The molecular formula is C13H9BrFNO3. The lowest BCUT2D eigenvalue weighted by molar-refractivity contribution is -0.385. The summed E-state index contributed by atoms with van der Waals surface area (Å²) < 4.78 is 19.1. The highest BCUT2D eigenvalue weighted by Crippen LogP contribution is 2.23. The standard InChI is InChI=1S/C13H9BrFNO3/c14-10-5-11(15)7-12(6-10)19-8-9-3-1-2-4-13(9)16(17)18/h1-7H,8H2. The van der Waals surface area contributed by atoms with Crippen LogP contribution in [0.2, 0.25) is 0 Å². The number of nitro benzene ring substituents is 1. The van der Waals surface area contributed by atoms with Gasteiger partial charge in [0.05, 0.1) is 10.5 Å². The number of rotatable bonds is 4. The lowest BCUT2D eigenvalue weighted by Gasteiger charge is -2.07. The molecule has 2 aromatic rings. The summed E-state index contributed by atoms with van der Waals surface area (Å²) in [4.78, 5) is 10.4. The van der Waals surface area contributed by atoms with Crippen molar-refractivity contribution in [3.8, 4) is 5.75 Å². The summed E-state index contributed by atoms with van der Waals surface area (Å²) in [6.45, 7) is 0.00699. The van der Waals surface area contributed by atoms with Gasteiger partial charge in [-0.2, -0.15) is 0 Å². The highest BCUT2D eigenvalue weighted by molar-refractivity contribution is 9.10. The zero-order chi connectivity index (χ0) is 13.8. The Morgan fingerprint density at radius 3 is 2.68 bits per heavy atom. The molecule has 0 unspecified atom stereocenters. The number of nitrogens with zero attached hydrogens (tertiary/aromatic N) is 1. The maximum absolute atomic E-state index is 13.1. The van der Waals surface area contributed by atoms with E-state index in [1.54, 1.807) is 24.3 Å². The topological polar surface area (TPSA) is 52.4 Å². The first kappa shape index (κ1) is 13.5. The van der Waals surface area contributed by atoms with Gasteiger partial charge in [0.25, 0.3) is 5.69 Å². The van der Waals surface area contributed by atoms with Gasteiger partial charge < -0.3 is 4.74 Å². The third-order valence-corrected chi connectivity index (χ3v) is 2.88. The Kier molecular flexibility index (Phi) is 4.11. The molecule has 0 fully saturated rings. The van der Waals surface area contributed by atoms with Crippen LogP contribution in [-0.4, -0.2) is 4.92 Å². The van der Waals surface area contributed by atoms with Crippen LogP contribution in [0.5, 0.6) is 5.75 Å². The van der Waals surface area contributed by atoms with Crippen molar-refractivity contribution in [1.29, 1.82) is 0 Å². The molecule has 0 aliphatic carbocycles. The minimum Gasteiger partial charge on any atom is -0.488 e. The van der Waals surface area contributed by atoms with E-state index in [2.05, 4.69) is 15.9 Å². The van der Waals surface area contributed by atoms with Crippen LogP contribution in [0.1, 0.15) is 5.56 Å². The van der Waals surface area contributed by atoms with Gasteiger partial charge in [0.15, 0.2) is 0 Å². The molecule has 0 heterocycles. The molecular weight excluding hydrogens is 317 g/mol. The number of ether oxygens (including phenoxy) is 1. The molecule has 98 valence electrons. The first-order valence-electron chi connectivity index (χ1n) is 5.37. The van der Waals surface area contributed by atoms with Crippen LogP contribution < -0.4 is 4.74 Å². The predicted octanol–water partition coefficient (Wildman–Crippen LogP) is 4.08. The maximum atomic E-state index is 13.1. The van der Waals surface area contributed by atoms with Crippen LogP contribution >= 0.6 is 15.9 Å². The van der Waals surface area contributed by atoms with Crippen molar-refractivity contribution in [2.24, 2.45) is 0 Å². The van der Waals surface area contributed by atoms with Crippen LogP contribution in [-0.2, 0) is 6.61 Å². The molecule has 0 atom stereocenters. The number of halogens is 2. The zero-order valence-electron chi connectivity index (χ0n) is 9.68. The van der Waals surface area contributed by atoms with Gasteiger partial charge in [0.2, 0.25) is 0 Å². The molecule has 4 nitrogen and oxygen atoms in total. The highest BCUT2D eigenvalue weighted by atomic mass is 79.9. The van der Waals surface area contributed by atoms with Crippen molar-refractivity contribution in [3.63, 3.8) is 0 Å². The molecule has 0 amide bonds. The van der Waals surface area contributed by atoms with Crippen LogP contribution in [0.3, 0.4) is 0 Å². The van der Waals surface area contributed by atoms with Crippen molar-refractivity contribution >= 4 is 21.6 Å². The van der Waals surface area contributed by atoms with E-state index in [0.29, 0.717) is 15.8 Å². The molecule has 6 heteroatoms. The summed E-state index contributed by atoms with van der Waals surface area (Å²) in [6, 6.07) is 10.4.